The number of fused-ring (bicyclic) bond motifs is 1. The molecule has 164 valence electrons. The summed E-state index contributed by atoms with van der Waals surface area (Å²) < 4.78 is 24.9. The number of aromatic nitrogens is 2. The molecule has 2 aliphatic rings. The number of benzene rings is 1. The number of aliphatic hydroxyl groups is 1. The van der Waals surface area contributed by atoms with Crippen LogP contribution >= 0.6 is 0 Å². The van der Waals surface area contributed by atoms with Crippen molar-refractivity contribution >= 4 is 32.4 Å². The Morgan fingerprint density at radius 3 is 2.50 bits per heavy atom. The Labute approximate surface area is 178 Å². The number of hydrogen-bond acceptors (Lipinski definition) is 8. The van der Waals surface area contributed by atoms with Gasteiger partial charge < -0.3 is 14.9 Å². The number of sulfonamides is 1. The third kappa shape index (κ3) is 4.36. The minimum atomic E-state index is -3.25. The zero-order chi connectivity index (χ0) is 21.5. The average Bonchev–Trinajstić information content (AvgIpc) is 3.10. The Morgan fingerprint density at radius 2 is 1.87 bits per heavy atom. The summed E-state index contributed by atoms with van der Waals surface area (Å²) in [5.74, 6) is 0.902. The van der Waals surface area contributed by atoms with Crippen molar-refractivity contribution in [3.05, 3.63) is 24.5 Å². The third-order valence-electron chi connectivity index (χ3n) is 6.04. The molecule has 1 N–H and O–H groups in total. The number of hydrogen-bond donors (Lipinski definition) is 1. The van der Waals surface area contributed by atoms with Gasteiger partial charge in [-0.15, -0.1) is 0 Å². The average molecular weight is 435 g/mol. The van der Waals surface area contributed by atoms with Crippen molar-refractivity contribution in [1.29, 1.82) is 0 Å². The van der Waals surface area contributed by atoms with Crippen LogP contribution in [0.15, 0.2) is 24.5 Å². The normalized spacial score (nSPS) is 23.9. The largest absolute Gasteiger partial charge is 0.387 e. The second kappa shape index (κ2) is 7.92. The van der Waals surface area contributed by atoms with Gasteiger partial charge in [-0.2, -0.15) is 4.31 Å². The lowest BCUT2D eigenvalue weighted by molar-refractivity contribution is 0.0152. The molecular weight excluding hydrogens is 404 g/mol. The van der Waals surface area contributed by atoms with Crippen LogP contribution in [0.25, 0.3) is 10.9 Å². The Morgan fingerprint density at radius 1 is 1.13 bits per heavy atom. The smallest absolute Gasteiger partial charge is 0.211 e. The van der Waals surface area contributed by atoms with Gasteiger partial charge in [0.15, 0.2) is 0 Å². The number of piperazine rings is 1. The van der Waals surface area contributed by atoms with Crippen LogP contribution < -0.4 is 9.80 Å². The van der Waals surface area contributed by atoms with Gasteiger partial charge in [0.2, 0.25) is 10.0 Å². The first-order valence-corrected chi connectivity index (χ1v) is 12.1. The number of β-amino-alcohol motifs (C(OH)–C–C–N with tert-alkyl or cyclic N) is 1. The SMILES string of the molecule is CN(C)c1ncnc2ccc(N3CCN(CC4(O)CCN(S(C)(=O)=O)C4)CC3)cc12. The fraction of sp³-hybridized carbons (Fsp3) is 0.600. The van der Waals surface area contributed by atoms with Gasteiger partial charge in [0.25, 0.3) is 0 Å². The summed E-state index contributed by atoms with van der Waals surface area (Å²) in [5.41, 5.74) is 1.10. The van der Waals surface area contributed by atoms with Crippen molar-refractivity contribution in [2.45, 2.75) is 12.0 Å². The van der Waals surface area contributed by atoms with E-state index in [0.29, 0.717) is 19.5 Å². The van der Waals surface area contributed by atoms with Crippen LogP contribution in [0.2, 0.25) is 0 Å². The van der Waals surface area contributed by atoms with E-state index in [9.17, 15) is 13.5 Å². The summed E-state index contributed by atoms with van der Waals surface area (Å²) in [5, 5.41) is 11.9. The van der Waals surface area contributed by atoms with Crippen LogP contribution in [-0.4, -0.2) is 104 Å². The summed E-state index contributed by atoms with van der Waals surface area (Å²) in [6.07, 6.45) is 3.28. The van der Waals surface area contributed by atoms with E-state index in [1.54, 1.807) is 6.33 Å². The first-order valence-electron chi connectivity index (χ1n) is 10.2. The third-order valence-corrected chi connectivity index (χ3v) is 7.29. The van der Waals surface area contributed by atoms with E-state index in [1.165, 1.54) is 10.6 Å². The lowest BCUT2D eigenvalue weighted by atomic mass is 10.0. The highest BCUT2D eigenvalue weighted by atomic mass is 32.2. The zero-order valence-electron chi connectivity index (χ0n) is 17.8. The van der Waals surface area contributed by atoms with Gasteiger partial charge in [0.05, 0.1) is 17.4 Å². The quantitative estimate of drug-likeness (QED) is 0.714. The van der Waals surface area contributed by atoms with Crippen LogP contribution in [0, 0.1) is 0 Å². The van der Waals surface area contributed by atoms with Crippen molar-refractivity contribution in [3.63, 3.8) is 0 Å². The van der Waals surface area contributed by atoms with Gasteiger partial charge in [0, 0.05) is 71.0 Å². The monoisotopic (exact) mass is 434 g/mol. The highest BCUT2D eigenvalue weighted by Gasteiger charge is 2.41. The molecule has 9 nitrogen and oxygen atoms in total. The Bertz CT molecular complexity index is 1020. The molecule has 0 radical (unpaired) electrons. The molecule has 30 heavy (non-hydrogen) atoms. The van der Waals surface area contributed by atoms with Gasteiger partial charge in [-0.3, -0.25) is 4.90 Å². The predicted octanol–water partition coefficient (Wildman–Crippen LogP) is 0.214. The molecule has 0 bridgehead atoms. The molecule has 1 aromatic carbocycles. The van der Waals surface area contributed by atoms with Gasteiger partial charge in [-0.1, -0.05) is 0 Å². The van der Waals surface area contributed by atoms with Gasteiger partial charge in [0.1, 0.15) is 12.1 Å². The van der Waals surface area contributed by atoms with E-state index in [4.69, 9.17) is 0 Å². The lowest BCUT2D eigenvalue weighted by Gasteiger charge is -2.39. The van der Waals surface area contributed by atoms with E-state index in [1.807, 2.05) is 25.1 Å². The van der Waals surface area contributed by atoms with Crippen molar-refractivity contribution in [2.24, 2.45) is 0 Å². The highest BCUT2D eigenvalue weighted by molar-refractivity contribution is 7.88. The van der Waals surface area contributed by atoms with Crippen LogP contribution in [0.3, 0.4) is 0 Å². The molecule has 0 aliphatic carbocycles. The first-order chi connectivity index (χ1) is 14.1. The minimum absolute atomic E-state index is 0.185. The van der Waals surface area contributed by atoms with Crippen LogP contribution in [0.5, 0.6) is 0 Å². The molecule has 3 heterocycles. The Kier molecular flexibility index (Phi) is 5.60. The molecule has 0 spiro atoms. The van der Waals surface area contributed by atoms with E-state index >= 15 is 0 Å². The summed E-state index contributed by atoms with van der Waals surface area (Å²) in [7, 11) is 0.702. The minimum Gasteiger partial charge on any atom is -0.387 e. The number of anilines is 2. The molecule has 0 saturated carbocycles. The molecule has 1 atom stereocenters. The van der Waals surface area contributed by atoms with Crippen LogP contribution in [0.1, 0.15) is 6.42 Å². The van der Waals surface area contributed by atoms with E-state index in [2.05, 4.69) is 31.9 Å². The molecule has 2 aromatic rings. The first kappa shape index (κ1) is 21.2. The number of rotatable bonds is 5. The van der Waals surface area contributed by atoms with Crippen LogP contribution in [-0.2, 0) is 10.0 Å². The van der Waals surface area contributed by atoms with Crippen molar-refractivity contribution < 1.29 is 13.5 Å². The maximum atomic E-state index is 11.8. The Hall–Kier alpha value is -2.01. The maximum absolute atomic E-state index is 11.8. The van der Waals surface area contributed by atoms with Gasteiger partial charge in [-0.05, 0) is 24.6 Å². The molecule has 1 unspecified atom stereocenters. The topological polar surface area (TPSA) is 93.1 Å². The molecule has 2 fully saturated rings. The van der Waals surface area contributed by atoms with Gasteiger partial charge >= 0.3 is 0 Å². The van der Waals surface area contributed by atoms with Crippen molar-refractivity contribution in [3.8, 4) is 0 Å². The maximum Gasteiger partial charge on any atom is 0.211 e. The molecule has 2 saturated heterocycles. The second-order valence-electron chi connectivity index (χ2n) is 8.63. The summed E-state index contributed by atoms with van der Waals surface area (Å²) in [4.78, 5) is 15.3. The lowest BCUT2D eigenvalue weighted by Crippen LogP contribution is -2.53. The summed E-state index contributed by atoms with van der Waals surface area (Å²) >= 11 is 0. The number of nitrogens with zero attached hydrogens (tertiary/aromatic N) is 6. The van der Waals surface area contributed by atoms with Crippen LogP contribution in [0.4, 0.5) is 11.5 Å². The predicted molar refractivity (Wildman–Crippen MR) is 119 cm³/mol. The Balaban J connectivity index is 1.41. The molecular formula is C20H30N6O3S. The fourth-order valence-corrected chi connectivity index (χ4v) is 5.29. The molecule has 2 aliphatic heterocycles. The van der Waals surface area contributed by atoms with E-state index in [-0.39, 0.29) is 6.54 Å². The summed E-state index contributed by atoms with van der Waals surface area (Å²) in [6, 6.07) is 6.28. The standard InChI is InChI=1S/C20H30N6O3S/c1-23(2)19-17-12-16(4-5-18(17)21-15-22-19)25-10-8-24(9-11-25)13-20(27)6-7-26(14-20)30(3,28)29/h4-5,12,15,27H,6-11,13-14H2,1-3H3. The van der Waals surface area contributed by atoms with E-state index < -0.39 is 15.6 Å². The zero-order valence-corrected chi connectivity index (χ0v) is 18.6. The van der Waals surface area contributed by atoms with Gasteiger partial charge in [-0.25, -0.2) is 18.4 Å². The fourth-order valence-electron chi connectivity index (χ4n) is 4.40. The van der Waals surface area contributed by atoms with Crippen molar-refractivity contribution in [2.75, 3.05) is 76.0 Å². The molecule has 1 aromatic heterocycles. The molecule has 0 amide bonds. The van der Waals surface area contributed by atoms with Crippen molar-refractivity contribution in [1.82, 2.24) is 19.2 Å². The second-order valence-corrected chi connectivity index (χ2v) is 10.6. The highest BCUT2D eigenvalue weighted by Crippen LogP contribution is 2.28. The summed E-state index contributed by atoms with van der Waals surface area (Å²) in [6.45, 7) is 4.43. The molecule has 4 rings (SSSR count). The molecule has 10 heteroatoms. The van der Waals surface area contributed by atoms with E-state index in [0.717, 1.165) is 48.6 Å².